The number of carbonyl (C=O) groups is 1. The molecule has 1 amide bonds. The van der Waals surface area contributed by atoms with Crippen molar-refractivity contribution in [3.8, 4) is 0 Å². The van der Waals surface area contributed by atoms with Gasteiger partial charge in [-0.25, -0.2) is 4.39 Å². The highest BCUT2D eigenvalue weighted by Crippen LogP contribution is 2.21. The summed E-state index contributed by atoms with van der Waals surface area (Å²) < 4.78 is 19.5. The minimum Gasteiger partial charge on any atom is -0.379 e. The number of benzene rings is 1. The number of hydrogen-bond acceptors (Lipinski definition) is 4. The molecule has 2 aliphatic rings. The minimum atomic E-state index is -0.341. The van der Waals surface area contributed by atoms with Crippen LogP contribution in [-0.2, 0) is 4.74 Å². The lowest BCUT2D eigenvalue weighted by molar-refractivity contribution is 0.0929. The molecule has 0 spiro atoms. The summed E-state index contributed by atoms with van der Waals surface area (Å²) in [7, 11) is 0. The van der Waals surface area contributed by atoms with Gasteiger partial charge in [-0.2, -0.15) is 0 Å². The zero-order valence-corrected chi connectivity index (χ0v) is 11.9. The van der Waals surface area contributed by atoms with Gasteiger partial charge in [0.25, 0.3) is 5.91 Å². The fraction of sp³-hybridized carbons (Fsp3) is 0.533. The van der Waals surface area contributed by atoms with E-state index in [1.807, 2.05) is 4.90 Å². The molecule has 0 bridgehead atoms. The van der Waals surface area contributed by atoms with Gasteiger partial charge in [0.1, 0.15) is 5.82 Å². The third-order valence-corrected chi connectivity index (χ3v) is 3.93. The van der Waals surface area contributed by atoms with E-state index in [-0.39, 0.29) is 17.8 Å². The molecule has 1 aromatic rings. The van der Waals surface area contributed by atoms with Crippen LogP contribution in [0.4, 0.5) is 10.1 Å². The van der Waals surface area contributed by atoms with Crippen molar-refractivity contribution in [2.45, 2.75) is 12.5 Å². The van der Waals surface area contributed by atoms with Crippen molar-refractivity contribution < 1.29 is 13.9 Å². The number of carbonyl (C=O) groups excluding carboxylic acids is 1. The van der Waals surface area contributed by atoms with Crippen molar-refractivity contribution >= 4 is 11.6 Å². The van der Waals surface area contributed by atoms with Gasteiger partial charge in [0.15, 0.2) is 0 Å². The third-order valence-electron chi connectivity index (χ3n) is 3.93. The predicted octanol–water partition coefficient (Wildman–Crippen LogP) is 0.754. The average molecular weight is 293 g/mol. The van der Waals surface area contributed by atoms with Crippen LogP contribution in [0.15, 0.2) is 18.2 Å². The molecule has 2 saturated heterocycles. The summed E-state index contributed by atoms with van der Waals surface area (Å²) in [5.74, 6) is -0.580. The Morgan fingerprint density at radius 1 is 1.38 bits per heavy atom. The monoisotopic (exact) mass is 293 g/mol. The molecule has 2 aliphatic heterocycles. The zero-order chi connectivity index (χ0) is 14.7. The molecule has 1 unspecified atom stereocenters. The quantitative estimate of drug-likeness (QED) is 0.864. The molecule has 1 atom stereocenters. The van der Waals surface area contributed by atoms with Crippen LogP contribution >= 0.6 is 0 Å². The molecule has 5 nitrogen and oxygen atoms in total. The van der Waals surface area contributed by atoms with Crippen molar-refractivity contribution in [3.05, 3.63) is 29.6 Å². The minimum absolute atomic E-state index is 0.0356. The van der Waals surface area contributed by atoms with Gasteiger partial charge in [0.05, 0.1) is 18.3 Å². The van der Waals surface area contributed by atoms with E-state index in [9.17, 15) is 9.18 Å². The Balaban J connectivity index is 1.69. The van der Waals surface area contributed by atoms with Crippen LogP contribution < -0.4 is 15.5 Å². The van der Waals surface area contributed by atoms with Crippen molar-refractivity contribution in [2.24, 2.45) is 0 Å². The van der Waals surface area contributed by atoms with E-state index in [1.165, 1.54) is 6.07 Å². The molecule has 0 aromatic heterocycles. The van der Waals surface area contributed by atoms with E-state index >= 15 is 0 Å². The maximum atomic E-state index is 14.2. The highest BCUT2D eigenvalue weighted by Gasteiger charge is 2.20. The van der Waals surface area contributed by atoms with Crippen molar-refractivity contribution in [1.82, 2.24) is 10.6 Å². The number of nitrogens with one attached hydrogen (secondary N) is 2. The van der Waals surface area contributed by atoms with E-state index in [2.05, 4.69) is 10.6 Å². The molecule has 21 heavy (non-hydrogen) atoms. The second-order valence-electron chi connectivity index (χ2n) is 5.44. The van der Waals surface area contributed by atoms with Gasteiger partial charge in [-0.15, -0.1) is 0 Å². The highest BCUT2D eigenvalue weighted by molar-refractivity contribution is 5.94. The number of hydrogen-bond donors (Lipinski definition) is 2. The molecule has 1 aromatic carbocycles. The van der Waals surface area contributed by atoms with Crippen molar-refractivity contribution in [3.63, 3.8) is 0 Å². The second kappa shape index (κ2) is 6.41. The van der Waals surface area contributed by atoms with Gasteiger partial charge >= 0.3 is 0 Å². The molecule has 2 fully saturated rings. The molecular weight excluding hydrogens is 273 g/mol. The molecule has 114 valence electrons. The number of amides is 1. The van der Waals surface area contributed by atoms with Gasteiger partial charge in [-0.1, -0.05) is 0 Å². The lowest BCUT2D eigenvalue weighted by Crippen LogP contribution is -2.44. The summed E-state index contributed by atoms with van der Waals surface area (Å²) in [6.07, 6.45) is 0.813. The lowest BCUT2D eigenvalue weighted by atomic mass is 10.1. The topological polar surface area (TPSA) is 53.6 Å². The second-order valence-corrected chi connectivity index (χ2v) is 5.44. The summed E-state index contributed by atoms with van der Waals surface area (Å²) in [5.41, 5.74) is 0.926. The van der Waals surface area contributed by atoms with Crippen LogP contribution in [0.3, 0.4) is 0 Å². The first-order valence-corrected chi connectivity index (χ1v) is 7.38. The van der Waals surface area contributed by atoms with Crippen molar-refractivity contribution in [1.29, 1.82) is 0 Å². The molecular formula is C15H20FN3O2. The Bertz CT molecular complexity index is 512. The Morgan fingerprint density at radius 3 is 2.86 bits per heavy atom. The average Bonchev–Trinajstić information content (AvgIpc) is 3.01. The standard InChI is InChI=1S/C15H20FN3O2/c16-13-9-11(15(20)18-12-3-8-21-10-12)1-2-14(13)19-6-4-17-5-7-19/h1-2,9,12,17H,3-8,10H2,(H,18,20). The molecule has 0 aliphatic carbocycles. The van der Waals surface area contributed by atoms with Crippen LogP contribution in [0.5, 0.6) is 0 Å². The third kappa shape index (κ3) is 3.33. The van der Waals surface area contributed by atoms with Gasteiger partial charge < -0.3 is 20.3 Å². The Kier molecular flexibility index (Phi) is 4.36. The molecule has 2 N–H and O–H groups in total. The first kappa shape index (κ1) is 14.3. The number of anilines is 1. The summed E-state index contributed by atoms with van der Waals surface area (Å²) in [6, 6.07) is 4.74. The number of ether oxygens (including phenoxy) is 1. The molecule has 0 saturated carbocycles. The van der Waals surface area contributed by atoms with Crippen LogP contribution in [0.25, 0.3) is 0 Å². The summed E-state index contributed by atoms with van der Waals surface area (Å²) >= 11 is 0. The summed E-state index contributed by atoms with van der Waals surface area (Å²) in [6.45, 7) is 4.46. The van der Waals surface area contributed by atoms with Gasteiger partial charge in [-0.3, -0.25) is 4.79 Å². The fourth-order valence-electron chi connectivity index (χ4n) is 2.73. The molecule has 2 heterocycles. The Morgan fingerprint density at radius 2 is 2.19 bits per heavy atom. The number of nitrogens with zero attached hydrogens (tertiary/aromatic N) is 1. The molecule has 6 heteroatoms. The first-order valence-electron chi connectivity index (χ1n) is 7.38. The summed E-state index contributed by atoms with van der Waals surface area (Å²) in [4.78, 5) is 14.1. The first-order chi connectivity index (χ1) is 10.2. The molecule has 0 radical (unpaired) electrons. The predicted molar refractivity (Wildman–Crippen MR) is 78.2 cm³/mol. The van der Waals surface area contributed by atoms with Crippen LogP contribution in [-0.4, -0.2) is 51.3 Å². The summed E-state index contributed by atoms with van der Waals surface area (Å²) in [5, 5.41) is 6.10. The number of halogens is 1. The van der Waals surface area contributed by atoms with Crippen LogP contribution in [0.1, 0.15) is 16.8 Å². The largest absolute Gasteiger partial charge is 0.379 e. The maximum Gasteiger partial charge on any atom is 0.251 e. The Hall–Kier alpha value is -1.66. The van der Waals surface area contributed by atoms with Crippen LogP contribution in [0.2, 0.25) is 0 Å². The number of piperazine rings is 1. The van der Waals surface area contributed by atoms with E-state index in [4.69, 9.17) is 4.74 Å². The van der Waals surface area contributed by atoms with E-state index in [0.717, 1.165) is 32.6 Å². The van der Waals surface area contributed by atoms with Crippen molar-refractivity contribution in [2.75, 3.05) is 44.3 Å². The van der Waals surface area contributed by atoms with Crippen LogP contribution in [0, 0.1) is 5.82 Å². The maximum absolute atomic E-state index is 14.2. The van der Waals surface area contributed by atoms with E-state index in [0.29, 0.717) is 24.5 Å². The Labute approximate surface area is 123 Å². The SMILES string of the molecule is O=C(NC1CCOC1)c1ccc(N2CCNCC2)c(F)c1. The van der Waals surface area contributed by atoms with Gasteiger partial charge in [-0.05, 0) is 24.6 Å². The van der Waals surface area contributed by atoms with Gasteiger partial charge in [0, 0.05) is 38.3 Å². The van der Waals surface area contributed by atoms with E-state index < -0.39 is 0 Å². The zero-order valence-electron chi connectivity index (χ0n) is 11.9. The fourth-order valence-corrected chi connectivity index (χ4v) is 2.73. The van der Waals surface area contributed by atoms with Gasteiger partial charge in [0.2, 0.25) is 0 Å². The number of rotatable bonds is 3. The molecule has 3 rings (SSSR count). The smallest absolute Gasteiger partial charge is 0.251 e. The lowest BCUT2D eigenvalue weighted by Gasteiger charge is -2.29. The highest BCUT2D eigenvalue weighted by atomic mass is 19.1. The van der Waals surface area contributed by atoms with E-state index in [1.54, 1.807) is 12.1 Å². The normalized spacial score (nSPS) is 22.3.